The third kappa shape index (κ3) is 3.33. The van der Waals surface area contributed by atoms with Crippen LogP contribution in [0.1, 0.15) is 0 Å². The van der Waals surface area contributed by atoms with Crippen LogP contribution in [-0.4, -0.2) is 33.4 Å². The largest absolute Gasteiger partial charge is 0.497 e. The molecule has 0 aliphatic rings. The number of thiocarbonyl (C=S) groups is 1. The summed E-state index contributed by atoms with van der Waals surface area (Å²) in [6, 6.07) is 7.83. The van der Waals surface area contributed by atoms with Crippen LogP contribution in [0.5, 0.6) is 5.75 Å². The van der Waals surface area contributed by atoms with Gasteiger partial charge in [0, 0.05) is 17.5 Å². The van der Waals surface area contributed by atoms with Crippen molar-refractivity contribution in [2.24, 2.45) is 0 Å². The van der Waals surface area contributed by atoms with Crippen molar-refractivity contribution in [1.29, 1.82) is 0 Å². The summed E-state index contributed by atoms with van der Waals surface area (Å²) < 4.78 is 7.06. The second-order valence-corrected chi connectivity index (χ2v) is 5.85. The molecular formula is C15H15N5OS2. The molecule has 6 nitrogen and oxygen atoms in total. The van der Waals surface area contributed by atoms with Crippen LogP contribution in [0, 0.1) is 0 Å². The van der Waals surface area contributed by atoms with Crippen molar-refractivity contribution in [3.63, 3.8) is 0 Å². The fraction of sp³-hybridized carbons (Fsp3) is 0.133. The van der Waals surface area contributed by atoms with Gasteiger partial charge in [0.25, 0.3) is 0 Å². The van der Waals surface area contributed by atoms with Gasteiger partial charge in [-0.25, -0.2) is 4.52 Å². The summed E-state index contributed by atoms with van der Waals surface area (Å²) in [6.45, 7) is 4.22. The summed E-state index contributed by atoms with van der Waals surface area (Å²) >= 11 is 6.68. The second-order valence-electron chi connectivity index (χ2n) is 4.61. The average molecular weight is 345 g/mol. The van der Waals surface area contributed by atoms with Gasteiger partial charge < -0.3 is 10.1 Å². The monoisotopic (exact) mass is 345 g/mol. The van der Waals surface area contributed by atoms with Gasteiger partial charge in [0.1, 0.15) is 5.75 Å². The molecule has 0 atom stereocenters. The lowest BCUT2D eigenvalue weighted by atomic mass is 10.2. The molecule has 0 amide bonds. The molecule has 3 aromatic rings. The van der Waals surface area contributed by atoms with E-state index in [1.54, 1.807) is 17.7 Å². The molecule has 0 fully saturated rings. The lowest BCUT2D eigenvalue weighted by molar-refractivity contribution is 0.415. The first-order chi connectivity index (χ1) is 11.2. The zero-order valence-electron chi connectivity index (χ0n) is 12.4. The van der Waals surface area contributed by atoms with E-state index in [4.69, 9.17) is 17.0 Å². The third-order valence-electron chi connectivity index (χ3n) is 3.08. The van der Waals surface area contributed by atoms with Gasteiger partial charge >= 0.3 is 0 Å². The Kier molecular flexibility index (Phi) is 4.54. The first kappa shape index (κ1) is 15.4. The minimum atomic E-state index is 0.461. The van der Waals surface area contributed by atoms with Crippen molar-refractivity contribution in [1.82, 2.24) is 19.9 Å². The Morgan fingerprint density at radius 3 is 3.17 bits per heavy atom. The molecule has 118 valence electrons. The number of methoxy groups -OCH3 is 1. The normalized spacial score (nSPS) is 10.5. The van der Waals surface area contributed by atoms with E-state index in [2.05, 4.69) is 27.3 Å². The minimum absolute atomic E-state index is 0.461. The van der Waals surface area contributed by atoms with Crippen LogP contribution >= 0.6 is 23.6 Å². The van der Waals surface area contributed by atoms with E-state index in [9.17, 15) is 0 Å². The number of aromatic nitrogens is 3. The maximum Gasteiger partial charge on any atom is 0.250 e. The Morgan fingerprint density at radius 1 is 1.52 bits per heavy atom. The smallest absolute Gasteiger partial charge is 0.250 e. The quantitative estimate of drug-likeness (QED) is 0.548. The lowest BCUT2D eigenvalue weighted by Crippen LogP contribution is -2.28. The molecule has 0 saturated heterocycles. The highest BCUT2D eigenvalue weighted by atomic mass is 32.1. The van der Waals surface area contributed by atoms with Crippen LogP contribution in [0.15, 0.2) is 42.3 Å². The van der Waals surface area contributed by atoms with E-state index in [0.717, 1.165) is 22.0 Å². The predicted molar refractivity (Wildman–Crippen MR) is 97.3 cm³/mol. The molecule has 0 radical (unpaired) electrons. The highest BCUT2D eigenvalue weighted by molar-refractivity contribution is 7.80. The third-order valence-corrected chi connectivity index (χ3v) is 4.14. The predicted octanol–water partition coefficient (Wildman–Crippen LogP) is 2.94. The Bertz CT molecular complexity index is 855. The molecule has 2 heterocycles. The van der Waals surface area contributed by atoms with Crippen molar-refractivity contribution in [3.8, 4) is 17.0 Å². The maximum absolute atomic E-state index is 5.27. The van der Waals surface area contributed by atoms with E-state index >= 15 is 0 Å². The molecule has 0 saturated carbocycles. The SMILES string of the molecule is C=CCNC(=S)Nc1nc2scc(-c3cccc(OC)c3)n2n1. The Balaban J connectivity index is 1.88. The molecule has 2 N–H and O–H groups in total. The van der Waals surface area contributed by atoms with E-state index in [1.807, 2.05) is 29.6 Å². The fourth-order valence-corrected chi connectivity index (χ4v) is 3.03. The molecule has 2 aromatic heterocycles. The summed E-state index contributed by atoms with van der Waals surface area (Å²) in [5, 5.41) is 12.9. The van der Waals surface area contributed by atoms with Gasteiger partial charge in [-0.15, -0.1) is 23.0 Å². The van der Waals surface area contributed by atoms with Crippen LogP contribution in [0.25, 0.3) is 16.2 Å². The lowest BCUT2D eigenvalue weighted by Gasteiger charge is -2.04. The van der Waals surface area contributed by atoms with Crippen molar-refractivity contribution < 1.29 is 4.74 Å². The molecule has 0 bridgehead atoms. The zero-order valence-corrected chi connectivity index (χ0v) is 14.1. The molecule has 0 aliphatic heterocycles. The van der Waals surface area contributed by atoms with Crippen LogP contribution in [0.4, 0.5) is 5.95 Å². The maximum atomic E-state index is 5.27. The van der Waals surface area contributed by atoms with Crippen molar-refractivity contribution in [2.45, 2.75) is 0 Å². The number of thiazole rings is 1. The number of fused-ring (bicyclic) bond motifs is 1. The molecule has 0 unspecified atom stereocenters. The van der Waals surface area contributed by atoms with Crippen LogP contribution in [0.3, 0.4) is 0 Å². The average Bonchev–Trinajstić information content (AvgIpc) is 3.12. The minimum Gasteiger partial charge on any atom is -0.497 e. The zero-order chi connectivity index (χ0) is 16.2. The van der Waals surface area contributed by atoms with Crippen molar-refractivity contribution in [2.75, 3.05) is 19.0 Å². The van der Waals surface area contributed by atoms with Crippen LogP contribution in [-0.2, 0) is 0 Å². The molecular weight excluding hydrogens is 330 g/mol. The molecule has 8 heteroatoms. The van der Waals surface area contributed by atoms with Crippen molar-refractivity contribution >= 4 is 39.6 Å². The topological polar surface area (TPSA) is 63.5 Å². The number of benzene rings is 1. The number of nitrogens with one attached hydrogen (secondary N) is 2. The van der Waals surface area contributed by atoms with Gasteiger partial charge in [-0.05, 0) is 24.4 Å². The highest BCUT2D eigenvalue weighted by Crippen LogP contribution is 2.28. The second kappa shape index (κ2) is 6.76. The molecule has 0 aliphatic carbocycles. The fourth-order valence-electron chi connectivity index (χ4n) is 2.03. The Morgan fingerprint density at radius 2 is 2.39 bits per heavy atom. The Labute approximate surface area is 142 Å². The Hall–Kier alpha value is -2.45. The number of anilines is 1. The first-order valence-corrected chi connectivity index (χ1v) is 8.14. The summed E-state index contributed by atoms with van der Waals surface area (Å²) in [5.74, 6) is 1.26. The molecule has 1 aromatic carbocycles. The summed E-state index contributed by atoms with van der Waals surface area (Å²) in [6.07, 6.45) is 1.73. The number of hydrogen-bond donors (Lipinski definition) is 2. The molecule has 0 spiro atoms. The summed E-state index contributed by atoms with van der Waals surface area (Å²) in [7, 11) is 1.65. The van der Waals surface area contributed by atoms with Crippen LogP contribution < -0.4 is 15.4 Å². The number of rotatable bonds is 5. The standard InChI is InChI=1S/C15H15N5OS2/c1-3-7-16-14(22)17-13-18-15-20(19-13)12(9-23-15)10-5-4-6-11(8-10)21-2/h3-6,8-9H,1,7H2,2H3,(H2,16,17,19,22). The number of ether oxygens (including phenoxy) is 1. The van der Waals surface area contributed by atoms with Gasteiger partial charge in [-0.1, -0.05) is 18.2 Å². The van der Waals surface area contributed by atoms with Gasteiger partial charge in [0.15, 0.2) is 5.11 Å². The van der Waals surface area contributed by atoms with Crippen molar-refractivity contribution in [3.05, 3.63) is 42.3 Å². The van der Waals surface area contributed by atoms with E-state index in [0.29, 0.717) is 17.6 Å². The van der Waals surface area contributed by atoms with Gasteiger partial charge in [-0.3, -0.25) is 5.32 Å². The first-order valence-electron chi connectivity index (χ1n) is 6.85. The van der Waals surface area contributed by atoms with E-state index < -0.39 is 0 Å². The molecule has 23 heavy (non-hydrogen) atoms. The van der Waals surface area contributed by atoms with E-state index in [-0.39, 0.29) is 0 Å². The summed E-state index contributed by atoms with van der Waals surface area (Å²) in [4.78, 5) is 5.21. The number of nitrogens with zero attached hydrogens (tertiary/aromatic N) is 3. The van der Waals surface area contributed by atoms with Gasteiger partial charge in [0.2, 0.25) is 10.9 Å². The van der Waals surface area contributed by atoms with Gasteiger partial charge in [-0.2, -0.15) is 4.98 Å². The summed E-state index contributed by atoms with van der Waals surface area (Å²) in [5.41, 5.74) is 1.97. The van der Waals surface area contributed by atoms with Crippen LogP contribution in [0.2, 0.25) is 0 Å². The molecule has 3 rings (SSSR count). The number of hydrogen-bond acceptors (Lipinski definition) is 5. The van der Waals surface area contributed by atoms with E-state index in [1.165, 1.54) is 11.3 Å². The highest BCUT2D eigenvalue weighted by Gasteiger charge is 2.12. The van der Waals surface area contributed by atoms with Gasteiger partial charge in [0.05, 0.1) is 12.8 Å².